The second kappa shape index (κ2) is 7.25. The van der Waals surface area contributed by atoms with Crippen LogP contribution >= 0.6 is 11.6 Å². The van der Waals surface area contributed by atoms with Crippen molar-refractivity contribution >= 4 is 32.3 Å². The Morgan fingerprint density at radius 1 is 0.897 bits per heavy atom. The molecule has 3 nitrogen and oxygen atoms in total. The molecule has 6 heteroatoms. The van der Waals surface area contributed by atoms with E-state index in [0.717, 1.165) is 11.1 Å². The zero-order valence-corrected chi connectivity index (χ0v) is 17.4. The van der Waals surface area contributed by atoms with Gasteiger partial charge in [0, 0.05) is 28.2 Å². The lowest BCUT2D eigenvalue weighted by Gasteiger charge is -2.14. The monoisotopic (exact) mass is 425 g/mol. The fourth-order valence-electron chi connectivity index (χ4n) is 3.27. The molecule has 146 valence electrons. The predicted molar refractivity (Wildman–Crippen MR) is 114 cm³/mol. The van der Waals surface area contributed by atoms with E-state index in [-0.39, 0.29) is 9.79 Å². The lowest BCUT2D eigenvalue weighted by Crippen LogP contribution is -2.06. The van der Waals surface area contributed by atoms with Crippen LogP contribution in [0, 0.1) is 19.7 Å². The highest BCUT2D eigenvalue weighted by Crippen LogP contribution is 2.37. The second-order valence-electron chi connectivity index (χ2n) is 6.92. The van der Waals surface area contributed by atoms with Crippen LogP contribution in [-0.2, 0) is 9.84 Å². The molecule has 0 aliphatic carbocycles. The van der Waals surface area contributed by atoms with Gasteiger partial charge in [-0.05, 0) is 66.9 Å². The molecular weight excluding hydrogens is 409 g/mol. The molecule has 0 N–H and O–H groups in total. The summed E-state index contributed by atoms with van der Waals surface area (Å²) >= 11 is 6.02. The maximum atomic E-state index is 13.7. The highest BCUT2D eigenvalue weighted by molar-refractivity contribution is 7.91. The van der Waals surface area contributed by atoms with Crippen molar-refractivity contribution in [2.24, 2.45) is 0 Å². The molecule has 0 radical (unpaired) electrons. The van der Waals surface area contributed by atoms with Crippen molar-refractivity contribution in [1.82, 2.24) is 4.98 Å². The lowest BCUT2D eigenvalue weighted by atomic mass is 10.0. The van der Waals surface area contributed by atoms with Gasteiger partial charge in [-0.15, -0.1) is 0 Å². The van der Waals surface area contributed by atoms with Crippen molar-refractivity contribution in [3.05, 3.63) is 88.8 Å². The predicted octanol–water partition coefficient (Wildman–Crippen LogP) is 6.14. The Morgan fingerprint density at radius 3 is 2.31 bits per heavy atom. The number of aromatic nitrogens is 1. The molecular formula is C23H17ClFNO2S. The maximum absolute atomic E-state index is 13.7. The third-order valence-corrected chi connectivity index (χ3v) is 7.02. The summed E-state index contributed by atoms with van der Waals surface area (Å²) in [4.78, 5) is 4.50. The number of aryl methyl sites for hydroxylation is 2. The van der Waals surface area contributed by atoms with Crippen LogP contribution in [-0.4, -0.2) is 13.4 Å². The third-order valence-electron chi connectivity index (χ3n) is 5.01. The van der Waals surface area contributed by atoms with Crippen LogP contribution in [0.3, 0.4) is 0 Å². The van der Waals surface area contributed by atoms with Crippen molar-refractivity contribution < 1.29 is 12.8 Å². The normalized spacial score (nSPS) is 11.7. The van der Waals surface area contributed by atoms with Gasteiger partial charge in [0.1, 0.15) is 5.82 Å². The number of rotatable bonds is 3. The Kier molecular flexibility index (Phi) is 4.89. The Balaban J connectivity index is 2.06. The SMILES string of the molecule is Cc1ccc(S(=O)(=O)c2cnc3cc(F)ccc3c2-c2ccc(Cl)cc2)cc1C. The van der Waals surface area contributed by atoms with Crippen molar-refractivity contribution in [3.8, 4) is 11.1 Å². The fourth-order valence-corrected chi connectivity index (χ4v) is 4.92. The summed E-state index contributed by atoms with van der Waals surface area (Å²) in [6, 6.07) is 16.1. The molecule has 0 atom stereocenters. The van der Waals surface area contributed by atoms with Gasteiger partial charge in [-0.25, -0.2) is 12.8 Å². The average molecular weight is 426 g/mol. The molecule has 4 rings (SSSR count). The van der Waals surface area contributed by atoms with E-state index in [1.165, 1.54) is 18.3 Å². The van der Waals surface area contributed by atoms with Crippen LogP contribution in [0.4, 0.5) is 4.39 Å². The maximum Gasteiger partial charge on any atom is 0.208 e. The van der Waals surface area contributed by atoms with E-state index in [0.29, 0.717) is 27.1 Å². The minimum absolute atomic E-state index is 0.0715. The molecule has 0 bridgehead atoms. The van der Waals surface area contributed by atoms with Crippen LogP contribution in [0.15, 0.2) is 76.7 Å². The molecule has 0 aliphatic rings. The molecule has 0 spiro atoms. The van der Waals surface area contributed by atoms with Gasteiger partial charge in [0.25, 0.3) is 0 Å². The molecule has 1 aromatic heterocycles. The molecule has 0 amide bonds. The number of sulfone groups is 1. The number of benzene rings is 3. The molecule has 0 unspecified atom stereocenters. The third kappa shape index (κ3) is 3.52. The Morgan fingerprint density at radius 2 is 1.62 bits per heavy atom. The quantitative estimate of drug-likeness (QED) is 0.396. The number of fused-ring (bicyclic) bond motifs is 1. The summed E-state index contributed by atoms with van der Waals surface area (Å²) in [6.45, 7) is 3.80. The largest absolute Gasteiger partial charge is 0.255 e. The van der Waals surface area contributed by atoms with Gasteiger partial charge in [0.05, 0.1) is 15.3 Å². The summed E-state index contributed by atoms with van der Waals surface area (Å²) in [5.41, 5.74) is 3.42. The zero-order valence-electron chi connectivity index (χ0n) is 15.8. The number of pyridine rings is 1. The molecule has 1 heterocycles. The fraction of sp³-hybridized carbons (Fsp3) is 0.0870. The molecule has 0 saturated carbocycles. The van der Waals surface area contributed by atoms with Gasteiger partial charge in [0.2, 0.25) is 9.84 Å². The van der Waals surface area contributed by atoms with Gasteiger partial charge >= 0.3 is 0 Å². The Hall–Kier alpha value is -2.76. The Labute approximate surface area is 173 Å². The molecule has 0 saturated heterocycles. The summed E-state index contributed by atoms with van der Waals surface area (Å²) in [6.07, 6.45) is 1.30. The zero-order chi connectivity index (χ0) is 20.8. The number of halogens is 2. The highest BCUT2D eigenvalue weighted by atomic mass is 35.5. The van der Waals surface area contributed by atoms with Gasteiger partial charge < -0.3 is 0 Å². The number of hydrogen-bond donors (Lipinski definition) is 0. The van der Waals surface area contributed by atoms with Crippen LogP contribution in [0.1, 0.15) is 11.1 Å². The molecule has 0 aliphatic heterocycles. The smallest absolute Gasteiger partial charge is 0.208 e. The van der Waals surface area contributed by atoms with Crippen LogP contribution in [0.2, 0.25) is 5.02 Å². The first-order valence-corrected chi connectivity index (χ1v) is 10.8. The average Bonchev–Trinajstić information content (AvgIpc) is 2.69. The Bertz CT molecular complexity index is 1350. The van der Waals surface area contributed by atoms with Crippen LogP contribution in [0.25, 0.3) is 22.0 Å². The van der Waals surface area contributed by atoms with Gasteiger partial charge in [-0.2, -0.15) is 0 Å². The van der Waals surface area contributed by atoms with Crippen LogP contribution in [0.5, 0.6) is 0 Å². The summed E-state index contributed by atoms with van der Waals surface area (Å²) in [7, 11) is -3.86. The van der Waals surface area contributed by atoms with E-state index >= 15 is 0 Å². The number of nitrogens with zero attached hydrogens (tertiary/aromatic N) is 1. The van der Waals surface area contributed by atoms with E-state index in [1.807, 2.05) is 13.8 Å². The molecule has 4 aromatic rings. The number of hydrogen-bond acceptors (Lipinski definition) is 3. The first kappa shape index (κ1) is 19.6. The van der Waals surface area contributed by atoms with E-state index in [4.69, 9.17) is 11.6 Å². The van der Waals surface area contributed by atoms with Gasteiger partial charge in [-0.3, -0.25) is 4.98 Å². The standard InChI is InChI=1S/C23H17ClFNO2S/c1-14-3-9-19(11-15(14)2)29(27,28)22-13-26-21-12-18(25)8-10-20(21)23(22)16-4-6-17(24)7-5-16/h3-13H,1-2H3. The van der Waals surface area contributed by atoms with E-state index in [2.05, 4.69) is 4.98 Å². The second-order valence-corrected chi connectivity index (χ2v) is 9.27. The van der Waals surface area contributed by atoms with Crippen molar-refractivity contribution in [3.63, 3.8) is 0 Å². The summed E-state index contributed by atoms with van der Waals surface area (Å²) in [5, 5.41) is 1.09. The van der Waals surface area contributed by atoms with Crippen molar-refractivity contribution in [2.75, 3.05) is 0 Å². The van der Waals surface area contributed by atoms with Crippen molar-refractivity contribution in [2.45, 2.75) is 23.6 Å². The van der Waals surface area contributed by atoms with E-state index < -0.39 is 15.7 Å². The lowest BCUT2D eigenvalue weighted by molar-refractivity contribution is 0.596. The topological polar surface area (TPSA) is 47.0 Å². The molecule has 29 heavy (non-hydrogen) atoms. The molecule has 3 aromatic carbocycles. The first-order chi connectivity index (χ1) is 13.8. The van der Waals surface area contributed by atoms with E-state index in [9.17, 15) is 12.8 Å². The first-order valence-electron chi connectivity index (χ1n) is 8.94. The highest BCUT2D eigenvalue weighted by Gasteiger charge is 2.25. The minimum atomic E-state index is -3.86. The summed E-state index contributed by atoms with van der Waals surface area (Å²) < 4.78 is 40.8. The van der Waals surface area contributed by atoms with E-state index in [1.54, 1.807) is 48.5 Å². The minimum Gasteiger partial charge on any atom is -0.255 e. The van der Waals surface area contributed by atoms with Gasteiger partial charge in [-0.1, -0.05) is 29.8 Å². The van der Waals surface area contributed by atoms with Crippen LogP contribution < -0.4 is 0 Å². The van der Waals surface area contributed by atoms with Gasteiger partial charge in [0.15, 0.2) is 0 Å². The molecule has 0 fully saturated rings. The van der Waals surface area contributed by atoms with Crippen molar-refractivity contribution in [1.29, 1.82) is 0 Å². The summed E-state index contributed by atoms with van der Waals surface area (Å²) in [5.74, 6) is -0.433.